The summed E-state index contributed by atoms with van der Waals surface area (Å²) in [4.78, 5) is 1.58. The van der Waals surface area contributed by atoms with Crippen LogP contribution in [0.1, 0.15) is 49.8 Å². The fraction of sp³-hybridized carbons (Fsp3) is 0.714. The average molecular weight is 316 g/mol. The first-order valence-electron chi connectivity index (χ1n) is 6.76. The highest BCUT2D eigenvalue weighted by molar-refractivity contribution is 9.10. The highest BCUT2D eigenvalue weighted by Crippen LogP contribution is 2.42. The SMILES string of the molecule is CCCNCC1CCCCC1c1sccc1Br. The smallest absolute Gasteiger partial charge is 0.0317 e. The van der Waals surface area contributed by atoms with Crippen molar-refractivity contribution in [3.05, 3.63) is 20.8 Å². The van der Waals surface area contributed by atoms with Gasteiger partial charge in [-0.2, -0.15) is 0 Å². The highest BCUT2D eigenvalue weighted by Gasteiger charge is 2.28. The van der Waals surface area contributed by atoms with Gasteiger partial charge in [-0.3, -0.25) is 0 Å². The Morgan fingerprint density at radius 3 is 2.94 bits per heavy atom. The van der Waals surface area contributed by atoms with Crippen LogP contribution in [0.15, 0.2) is 15.9 Å². The third-order valence-electron chi connectivity index (χ3n) is 3.72. The number of hydrogen-bond acceptors (Lipinski definition) is 2. The first-order chi connectivity index (χ1) is 8.33. The van der Waals surface area contributed by atoms with E-state index in [1.54, 1.807) is 4.88 Å². The fourth-order valence-electron chi connectivity index (χ4n) is 2.83. The Hall–Kier alpha value is 0.140. The molecule has 1 fully saturated rings. The van der Waals surface area contributed by atoms with E-state index in [0.717, 1.165) is 18.4 Å². The van der Waals surface area contributed by atoms with Crippen LogP contribution in [0.4, 0.5) is 0 Å². The molecule has 0 bridgehead atoms. The van der Waals surface area contributed by atoms with Gasteiger partial charge in [-0.25, -0.2) is 0 Å². The molecule has 17 heavy (non-hydrogen) atoms. The molecule has 0 radical (unpaired) electrons. The number of thiophene rings is 1. The maximum absolute atomic E-state index is 3.70. The van der Waals surface area contributed by atoms with Crippen LogP contribution in [0.2, 0.25) is 0 Å². The van der Waals surface area contributed by atoms with E-state index in [9.17, 15) is 0 Å². The van der Waals surface area contributed by atoms with E-state index < -0.39 is 0 Å². The lowest BCUT2D eigenvalue weighted by molar-refractivity contribution is 0.298. The average Bonchev–Trinajstić information content (AvgIpc) is 2.76. The molecule has 1 saturated carbocycles. The second-order valence-electron chi connectivity index (χ2n) is 4.99. The molecule has 0 spiro atoms. The van der Waals surface area contributed by atoms with Crippen LogP contribution >= 0.6 is 27.3 Å². The molecule has 0 aliphatic heterocycles. The fourth-order valence-corrected chi connectivity index (χ4v) is 4.73. The quantitative estimate of drug-likeness (QED) is 0.771. The standard InChI is InChI=1S/C14H22BrNS/c1-2-8-16-10-11-5-3-4-6-12(11)14-13(15)7-9-17-14/h7,9,11-12,16H,2-6,8,10H2,1H3. The Morgan fingerprint density at radius 1 is 1.41 bits per heavy atom. The number of halogens is 1. The Bertz CT molecular complexity index is 337. The molecule has 1 aliphatic rings. The van der Waals surface area contributed by atoms with Gasteiger partial charge in [0.2, 0.25) is 0 Å². The molecule has 2 atom stereocenters. The lowest BCUT2D eigenvalue weighted by Gasteiger charge is -2.31. The predicted molar refractivity (Wildman–Crippen MR) is 79.9 cm³/mol. The Morgan fingerprint density at radius 2 is 2.24 bits per heavy atom. The summed E-state index contributed by atoms with van der Waals surface area (Å²) in [5, 5.41) is 5.82. The van der Waals surface area contributed by atoms with Crippen molar-refractivity contribution < 1.29 is 0 Å². The summed E-state index contributed by atoms with van der Waals surface area (Å²) in [7, 11) is 0. The summed E-state index contributed by atoms with van der Waals surface area (Å²) in [6, 6.07) is 2.20. The second kappa shape index (κ2) is 6.91. The molecular weight excluding hydrogens is 294 g/mol. The molecule has 0 aromatic carbocycles. The molecule has 2 rings (SSSR count). The summed E-state index contributed by atoms with van der Waals surface area (Å²) < 4.78 is 1.33. The summed E-state index contributed by atoms with van der Waals surface area (Å²) in [6.45, 7) is 4.60. The zero-order valence-corrected chi connectivity index (χ0v) is 12.9. The van der Waals surface area contributed by atoms with Gasteiger partial charge in [-0.05, 0) is 71.6 Å². The van der Waals surface area contributed by atoms with Crippen molar-refractivity contribution in [2.75, 3.05) is 13.1 Å². The van der Waals surface area contributed by atoms with E-state index in [4.69, 9.17) is 0 Å². The van der Waals surface area contributed by atoms with E-state index in [2.05, 4.69) is 39.6 Å². The van der Waals surface area contributed by atoms with Crippen molar-refractivity contribution in [1.29, 1.82) is 0 Å². The van der Waals surface area contributed by atoms with E-state index >= 15 is 0 Å². The molecule has 1 N–H and O–H groups in total. The minimum absolute atomic E-state index is 0.780. The summed E-state index contributed by atoms with van der Waals surface area (Å²) >= 11 is 5.63. The minimum atomic E-state index is 0.780. The molecule has 1 heterocycles. The third-order valence-corrected chi connectivity index (χ3v) is 5.73. The van der Waals surface area contributed by atoms with Crippen molar-refractivity contribution in [2.45, 2.75) is 44.9 Å². The van der Waals surface area contributed by atoms with Gasteiger partial charge in [0.15, 0.2) is 0 Å². The van der Waals surface area contributed by atoms with Gasteiger partial charge in [0, 0.05) is 9.35 Å². The van der Waals surface area contributed by atoms with Crippen LogP contribution in [0.3, 0.4) is 0 Å². The maximum atomic E-state index is 3.70. The third kappa shape index (κ3) is 3.55. The second-order valence-corrected chi connectivity index (χ2v) is 6.79. The molecule has 96 valence electrons. The van der Waals surface area contributed by atoms with Crippen LogP contribution in [-0.2, 0) is 0 Å². The van der Waals surface area contributed by atoms with Crippen molar-refractivity contribution in [1.82, 2.24) is 5.32 Å². The number of nitrogens with one attached hydrogen (secondary N) is 1. The van der Waals surface area contributed by atoms with Crippen LogP contribution in [-0.4, -0.2) is 13.1 Å². The molecule has 0 amide bonds. The van der Waals surface area contributed by atoms with Gasteiger partial charge in [0.1, 0.15) is 0 Å². The topological polar surface area (TPSA) is 12.0 Å². The summed E-state index contributed by atoms with van der Waals surface area (Å²) in [5.41, 5.74) is 0. The molecule has 1 aromatic rings. The van der Waals surface area contributed by atoms with Gasteiger partial charge in [-0.15, -0.1) is 11.3 Å². The summed E-state index contributed by atoms with van der Waals surface area (Å²) in [6.07, 6.45) is 6.82. The maximum Gasteiger partial charge on any atom is 0.0317 e. The Labute approximate surface area is 117 Å². The van der Waals surface area contributed by atoms with Gasteiger partial charge >= 0.3 is 0 Å². The van der Waals surface area contributed by atoms with Crippen molar-refractivity contribution in [3.8, 4) is 0 Å². The monoisotopic (exact) mass is 315 g/mol. The lowest BCUT2D eigenvalue weighted by Crippen LogP contribution is -2.29. The van der Waals surface area contributed by atoms with E-state index in [-0.39, 0.29) is 0 Å². The normalized spacial score (nSPS) is 25.1. The van der Waals surface area contributed by atoms with Gasteiger partial charge in [-0.1, -0.05) is 19.8 Å². The van der Waals surface area contributed by atoms with Gasteiger partial charge in [0.25, 0.3) is 0 Å². The van der Waals surface area contributed by atoms with Crippen molar-refractivity contribution in [3.63, 3.8) is 0 Å². The lowest BCUT2D eigenvalue weighted by atomic mass is 9.78. The summed E-state index contributed by atoms with van der Waals surface area (Å²) in [5.74, 6) is 1.62. The predicted octanol–water partition coefficient (Wildman–Crippen LogP) is 4.78. The molecule has 2 unspecified atom stereocenters. The first-order valence-corrected chi connectivity index (χ1v) is 8.43. The molecule has 1 aliphatic carbocycles. The van der Waals surface area contributed by atoms with Crippen LogP contribution in [0.5, 0.6) is 0 Å². The zero-order chi connectivity index (χ0) is 12.1. The first kappa shape index (κ1) is 13.6. The number of rotatable bonds is 5. The zero-order valence-electron chi connectivity index (χ0n) is 10.5. The van der Waals surface area contributed by atoms with Gasteiger partial charge < -0.3 is 5.32 Å². The molecule has 0 saturated heterocycles. The van der Waals surface area contributed by atoms with Crippen LogP contribution in [0, 0.1) is 5.92 Å². The van der Waals surface area contributed by atoms with Crippen LogP contribution < -0.4 is 5.32 Å². The highest BCUT2D eigenvalue weighted by atomic mass is 79.9. The van der Waals surface area contributed by atoms with E-state index in [1.165, 1.54) is 43.1 Å². The van der Waals surface area contributed by atoms with Gasteiger partial charge in [0.05, 0.1) is 0 Å². The number of hydrogen-bond donors (Lipinski definition) is 1. The largest absolute Gasteiger partial charge is 0.316 e. The molecule has 3 heteroatoms. The molecule has 1 aromatic heterocycles. The Balaban J connectivity index is 1.99. The Kier molecular flexibility index (Phi) is 5.51. The van der Waals surface area contributed by atoms with Crippen LogP contribution in [0.25, 0.3) is 0 Å². The minimum Gasteiger partial charge on any atom is -0.316 e. The van der Waals surface area contributed by atoms with Crippen molar-refractivity contribution in [2.24, 2.45) is 5.92 Å². The van der Waals surface area contributed by atoms with Crippen molar-refractivity contribution >= 4 is 27.3 Å². The molecule has 1 nitrogen and oxygen atoms in total. The molecular formula is C14H22BrNS. The van der Waals surface area contributed by atoms with E-state index in [0.29, 0.717) is 0 Å². The van der Waals surface area contributed by atoms with E-state index in [1.807, 2.05) is 11.3 Å².